The van der Waals surface area contributed by atoms with Crippen LogP contribution in [0.15, 0.2) is 18.3 Å². The number of nitrogens with zero attached hydrogens (tertiary/aromatic N) is 1. The Morgan fingerprint density at radius 1 is 1.44 bits per heavy atom. The maximum atomic E-state index is 11.4. The molecule has 1 rings (SSSR count). The lowest BCUT2D eigenvalue weighted by Gasteiger charge is -2.22. The molecular formula is C13H19NO4. The van der Waals surface area contributed by atoms with Gasteiger partial charge in [-0.25, -0.2) is 9.78 Å². The normalized spacial score (nSPS) is 11.1. The van der Waals surface area contributed by atoms with Crippen LogP contribution in [0.25, 0.3) is 0 Å². The highest BCUT2D eigenvalue weighted by Gasteiger charge is 2.31. The Kier molecular flexibility index (Phi) is 5.09. The zero-order chi connectivity index (χ0) is 13.6. The second kappa shape index (κ2) is 6.35. The van der Waals surface area contributed by atoms with Crippen molar-refractivity contribution in [3.8, 4) is 5.88 Å². The summed E-state index contributed by atoms with van der Waals surface area (Å²) in [5.41, 5.74) is -0.0405. The first-order valence-corrected chi connectivity index (χ1v) is 5.83. The Balaban J connectivity index is 2.66. The number of hydrogen-bond donors (Lipinski definition) is 1. The van der Waals surface area contributed by atoms with E-state index in [-0.39, 0.29) is 6.61 Å². The smallest absolute Gasteiger partial charge is 0.349 e. The molecule has 1 heterocycles. The van der Waals surface area contributed by atoms with Crippen molar-refractivity contribution in [3.05, 3.63) is 23.9 Å². The molecule has 0 atom stereocenters. The van der Waals surface area contributed by atoms with Gasteiger partial charge in [0, 0.05) is 18.9 Å². The zero-order valence-electron chi connectivity index (χ0n) is 11.0. The lowest BCUT2D eigenvalue weighted by Crippen LogP contribution is -2.39. The predicted molar refractivity (Wildman–Crippen MR) is 66.4 cm³/mol. The van der Waals surface area contributed by atoms with E-state index in [0.717, 1.165) is 12.0 Å². The summed E-state index contributed by atoms with van der Waals surface area (Å²) in [5, 5.41) is 8.73. The molecule has 0 radical (unpaired) electrons. The molecule has 0 saturated carbocycles. The lowest BCUT2D eigenvalue weighted by atomic mass is 10.1. The van der Waals surface area contributed by atoms with Crippen LogP contribution in [0.1, 0.15) is 25.8 Å². The summed E-state index contributed by atoms with van der Waals surface area (Å²) < 4.78 is 10.1. The van der Waals surface area contributed by atoms with Crippen LogP contribution in [0.2, 0.25) is 0 Å². The SMILES string of the molecule is COC(=O)C(C)(C)Oc1ccc(CCCO)cn1. The Bertz CT molecular complexity index is 386. The average Bonchev–Trinajstić information content (AvgIpc) is 2.36. The first-order chi connectivity index (χ1) is 8.49. The minimum Gasteiger partial charge on any atom is -0.466 e. The number of aliphatic hydroxyl groups excluding tert-OH is 1. The van der Waals surface area contributed by atoms with E-state index in [1.807, 2.05) is 6.07 Å². The van der Waals surface area contributed by atoms with E-state index in [1.165, 1.54) is 7.11 Å². The first kappa shape index (κ1) is 14.4. The topological polar surface area (TPSA) is 68.7 Å². The molecule has 0 aliphatic rings. The molecule has 0 unspecified atom stereocenters. The standard InChI is InChI=1S/C13H19NO4/c1-13(2,12(16)17-3)18-11-7-6-10(9-14-11)5-4-8-15/h6-7,9,15H,4-5,8H2,1-3H3. The van der Waals surface area contributed by atoms with Gasteiger partial charge in [-0.15, -0.1) is 0 Å². The molecule has 0 aliphatic carbocycles. The van der Waals surface area contributed by atoms with Crippen LogP contribution in [-0.2, 0) is 16.0 Å². The molecule has 0 fully saturated rings. The van der Waals surface area contributed by atoms with E-state index in [9.17, 15) is 4.79 Å². The molecule has 0 bridgehead atoms. The molecule has 0 amide bonds. The number of hydrogen-bond acceptors (Lipinski definition) is 5. The number of carbonyl (C=O) groups excluding carboxylic acids is 1. The molecule has 1 N–H and O–H groups in total. The van der Waals surface area contributed by atoms with Crippen molar-refractivity contribution in [2.45, 2.75) is 32.3 Å². The number of pyridine rings is 1. The molecule has 1 aromatic heterocycles. The molecule has 0 saturated heterocycles. The monoisotopic (exact) mass is 253 g/mol. The summed E-state index contributed by atoms with van der Waals surface area (Å²) in [6.07, 6.45) is 3.15. The first-order valence-electron chi connectivity index (χ1n) is 5.83. The van der Waals surface area contributed by atoms with Crippen LogP contribution in [-0.4, -0.2) is 35.4 Å². The Labute approximate surface area is 107 Å². The number of carbonyl (C=O) groups is 1. The molecule has 0 aliphatic heterocycles. The van der Waals surface area contributed by atoms with Crippen molar-refractivity contribution >= 4 is 5.97 Å². The van der Waals surface area contributed by atoms with E-state index < -0.39 is 11.6 Å². The van der Waals surface area contributed by atoms with Crippen molar-refractivity contribution < 1.29 is 19.4 Å². The molecule has 100 valence electrons. The van der Waals surface area contributed by atoms with E-state index in [1.54, 1.807) is 26.1 Å². The summed E-state index contributed by atoms with van der Waals surface area (Å²) in [6, 6.07) is 3.57. The number of esters is 1. The van der Waals surface area contributed by atoms with Gasteiger partial charge in [-0.2, -0.15) is 0 Å². The van der Waals surface area contributed by atoms with Crippen molar-refractivity contribution in [1.82, 2.24) is 4.98 Å². The molecule has 5 heteroatoms. The third-order valence-corrected chi connectivity index (χ3v) is 2.46. The van der Waals surface area contributed by atoms with Crippen LogP contribution < -0.4 is 4.74 Å². The van der Waals surface area contributed by atoms with Gasteiger partial charge in [0.15, 0.2) is 0 Å². The Morgan fingerprint density at radius 3 is 2.67 bits per heavy atom. The van der Waals surface area contributed by atoms with Gasteiger partial charge in [-0.1, -0.05) is 6.07 Å². The van der Waals surface area contributed by atoms with E-state index in [2.05, 4.69) is 9.72 Å². The second-order valence-electron chi connectivity index (χ2n) is 4.44. The average molecular weight is 253 g/mol. The lowest BCUT2D eigenvalue weighted by molar-refractivity contribution is -0.156. The molecule has 0 aromatic carbocycles. The summed E-state index contributed by atoms with van der Waals surface area (Å²) in [6.45, 7) is 3.41. The van der Waals surface area contributed by atoms with E-state index in [0.29, 0.717) is 12.3 Å². The number of rotatable bonds is 6. The van der Waals surface area contributed by atoms with Gasteiger partial charge in [0.05, 0.1) is 7.11 Å². The van der Waals surface area contributed by atoms with Gasteiger partial charge in [0.2, 0.25) is 11.5 Å². The summed E-state index contributed by atoms with van der Waals surface area (Å²) >= 11 is 0. The highest BCUT2D eigenvalue weighted by Crippen LogP contribution is 2.17. The summed E-state index contributed by atoms with van der Waals surface area (Å²) in [7, 11) is 1.32. The number of ether oxygens (including phenoxy) is 2. The zero-order valence-corrected chi connectivity index (χ0v) is 11.0. The van der Waals surface area contributed by atoms with Crippen LogP contribution in [0.5, 0.6) is 5.88 Å². The number of aromatic nitrogens is 1. The summed E-state index contributed by atoms with van der Waals surface area (Å²) in [5.74, 6) is -0.0770. The molecular weight excluding hydrogens is 234 g/mol. The highest BCUT2D eigenvalue weighted by molar-refractivity contribution is 5.78. The summed E-state index contributed by atoms with van der Waals surface area (Å²) in [4.78, 5) is 15.6. The minimum absolute atomic E-state index is 0.160. The Hall–Kier alpha value is -1.62. The van der Waals surface area contributed by atoms with Gasteiger partial charge in [0.1, 0.15) is 0 Å². The van der Waals surface area contributed by atoms with Gasteiger partial charge in [0.25, 0.3) is 0 Å². The van der Waals surface area contributed by atoms with Gasteiger partial charge in [-0.05, 0) is 32.3 Å². The van der Waals surface area contributed by atoms with Crippen molar-refractivity contribution in [2.75, 3.05) is 13.7 Å². The van der Waals surface area contributed by atoms with Crippen LogP contribution in [0.3, 0.4) is 0 Å². The largest absolute Gasteiger partial charge is 0.466 e. The third kappa shape index (κ3) is 4.00. The maximum absolute atomic E-state index is 11.4. The Morgan fingerprint density at radius 2 is 2.17 bits per heavy atom. The quantitative estimate of drug-likeness (QED) is 0.775. The van der Waals surface area contributed by atoms with Gasteiger partial charge >= 0.3 is 5.97 Å². The fourth-order valence-corrected chi connectivity index (χ4v) is 1.45. The van der Waals surface area contributed by atoms with Crippen LogP contribution >= 0.6 is 0 Å². The molecule has 18 heavy (non-hydrogen) atoms. The van der Waals surface area contributed by atoms with Crippen LogP contribution in [0, 0.1) is 0 Å². The van der Waals surface area contributed by atoms with Gasteiger partial charge < -0.3 is 14.6 Å². The fourth-order valence-electron chi connectivity index (χ4n) is 1.45. The van der Waals surface area contributed by atoms with Gasteiger partial charge in [-0.3, -0.25) is 0 Å². The van der Waals surface area contributed by atoms with Crippen molar-refractivity contribution in [2.24, 2.45) is 0 Å². The van der Waals surface area contributed by atoms with Crippen LogP contribution in [0.4, 0.5) is 0 Å². The highest BCUT2D eigenvalue weighted by atomic mass is 16.6. The molecule has 5 nitrogen and oxygen atoms in total. The second-order valence-corrected chi connectivity index (χ2v) is 4.44. The molecule has 1 aromatic rings. The number of methoxy groups -OCH3 is 1. The van der Waals surface area contributed by atoms with E-state index >= 15 is 0 Å². The van der Waals surface area contributed by atoms with Crippen molar-refractivity contribution in [1.29, 1.82) is 0 Å². The number of aryl methyl sites for hydroxylation is 1. The third-order valence-electron chi connectivity index (χ3n) is 2.46. The molecule has 0 spiro atoms. The van der Waals surface area contributed by atoms with E-state index in [4.69, 9.17) is 9.84 Å². The minimum atomic E-state index is -1.06. The fraction of sp³-hybridized carbons (Fsp3) is 0.538. The van der Waals surface area contributed by atoms with Crippen molar-refractivity contribution in [3.63, 3.8) is 0 Å². The maximum Gasteiger partial charge on any atom is 0.349 e. The predicted octanol–water partition coefficient (Wildman–Crippen LogP) is 1.34. The number of aliphatic hydroxyl groups is 1.